The summed E-state index contributed by atoms with van der Waals surface area (Å²) in [7, 11) is 6.76. The van der Waals surface area contributed by atoms with E-state index < -0.39 is 0 Å². The summed E-state index contributed by atoms with van der Waals surface area (Å²) in [5.41, 5.74) is 5.01. The summed E-state index contributed by atoms with van der Waals surface area (Å²) in [5, 5.41) is 21.6. The number of hydrogen-bond donors (Lipinski definition) is 2. The van der Waals surface area contributed by atoms with Crippen LogP contribution in [-0.4, -0.2) is 87.8 Å². The molecule has 2 fully saturated rings. The monoisotopic (exact) mass is 538 g/mol. The highest BCUT2D eigenvalue weighted by Crippen LogP contribution is 2.59. The summed E-state index contributed by atoms with van der Waals surface area (Å²) in [6.45, 7) is 3.83. The van der Waals surface area contributed by atoms with Crippen LogP contribution in [0.15, 0.2) is 24.3 Å². The van der Waals surface area contributed by atoms with Crippen molar-refractivity contribution in [3.8, 4) is 23.0 Å². The lowest BCUT2D eigenvalue weighted by Gasteiger charge is -2.61. The second-order valence-corrected chi connectivity index (χ2v) is 11.7. The summed E-state index contributed by atoms with van der Waals surface area (Å²) in [6, 6.07) is 9.03. The number of aliphatic hydroxyl groups is 2. The van der Waals surface area contributed by atoms with Gasteiger partial charge in [0, 0.05) is 63.3 Å². The number of nitrogens with zero attached hydrogens (tertiary/aromatic N) is 2. The van der Waals surface area contributed by atoms with Crippen molar-refractivity contribution in [1.82, 2.24) is 9.80 Å². The van der Waals surface area contributed by atoms with Gasteiger partial charge in [0.1, 0.15) is 0 Å². The first-order valence-electron chi connectivity index (χ1n) is 14.2. The number of hydrogen-bond acceptors (Lipinski definition) is 8. The molecule has 0 saturated carbocycles. The Bertz CT molecular complexity index is 1120. The van der Waals surface area contributed by atoms with Crippen molar-refractivity contribution in [2.24, 2.45) is 17.3 Å². The standard InChI is InChI=1S/C31H42N2O6/c1-36-27-9-19-5-7-32-15-21(17-34)31(13-25(32)23(19)11-29(27)38-3)14-26-24-12-30(39-4)28(37-2)10-20(24)6-8-33(26)16-22(31)18-35/h9-12,21-22,25-26,34-35H,5-8,13-18H2,1-4H3/t21-,22+,25+,26-,31?. The number of piperidine rings is 2. The summed E-state index contributed by atoms with van der Waals surface area (Å²) < 4.78 is 22.6. The molecule has 0 amide bonds. The maximum Gasteiger partial charge on any atom is 0.161 e. The van der Waals surface area contributed by atoms with Gasteiger partial charge < -0.3 is 29.2 Å². The summed E-state index contributed by atoms with van der Waals surface area (Å²) in [6.07, 6.45) is 3.70. The third-order valence-corrected chi connectivity index (χ3v) is 10.4. The van der Waals surface area contributed by atoms with Gasteiger partial charge in [-0.3, -0.25) is 9.80 Å². The molecule has 212 valence electrons. The van der Waals surface area contributed by atoms with Crippen LogP contribution < -0.4 is 18.9 Å². The lowest BCUT2D eigenvalue weighted by Crippen LogP contribution is -2.61. The van der Waals surface area contributed by atoms with Crippen LogP contribution in [-0.2, 0) is 12.8 Å². The third kappa shape index (κ3) is 4.19. The number of ether oxygens (including phenoxy) is 4. The molecule has 0 aliphatic carbocycles. The van der Waals surface area contributed by atoms with E-state index in [0.29, 0.717) is 0 Å². The van der Waals surface area contributed by atoms with E-state index in [1.807, 2.05) is 0 Å². The maximum atomic E-state index is 10.8. The Labute approximate surface area is 231 Å². The molecule has 0 radical (unpaired) electrons. The molecule has 39 heavy (non-hydrogen) atoms. The molecule has 0 aromatic heterocycles. The number of methoxy groups -OCH3 is 4. The van der Waals surface area contributed by atoms with Crippen molar-refractivity contribution < 1.29 is 29.2 Å². The maximum absolute atomic E-state index is 10.8. The molecule has 6 rings (SSSR count). The first-order valence-corrected chi connectivity index (χ1v) is 14.2. The summed E-state index contributed by atoms with van der Waals surface area (Å²) >= 11 is 0. The second kappa shape index (κ2) is 10.5. The van der Waals surface area contributed by atoms with Gasteiger partial charge in [0.2, 0.25) is 0 Å². The highest BCUT2D eigenvalue weighted by molar-refractivity contribution is 5.51. The number of fused-ring (bicyclic) bond motifs is 6. The van der Waals surface area contributed by atoms with E-state index in [9.17, 15) is 10.2 Å². The topological polar surface area (TPSA) is 83.9 Å². The molecule has 2 aromatic carbocycles. The Hall–Kier alpha value is -2.52. The summed E-state index contributed by atoms with van der Waals surface area (Å²) in [5.74, 6) is 3.25. The number of rotatable bonds is 6. The van der Waals surface area contributed by atoms with E-state index >= 15 is 0 Å². The first-order chi connectivity index (χ1) is 19.0. The Morgan fingerprint density at radius 3 is 1.41 bits per heavy atom. The normalized spacial score (nSPS) is 30.1. The number of benzene rings is 2. The SMILES string of the molecule is COc1cc2c(cc1OC)[C@H]1CC3(C[C@H]4c5cc(OC)c(OC)cc5CCN4C[C@@H]3CO)[C@H](CO)CN1CC2. The minimum absolute atomic E-state index is 0.0975. The van der Waals surface area contributed by atoms with Gasteiger partial charge >= 0.3 is 0 Å². The molecule has 4 aliphatic heterocycles. The number of aliphatic hydroxyl groups excluding tert-OH is 2. The quantitative estimate of drug-likeness (QED) is 0.580. The van der Waals surface area contributed by atoms with Crippen LogP contribution in [0.5, 0.6) is 23.0 Å². The average Bonchev–Trinajstić information content (AvgIpc) is 2.98. The van der Waals surface area contributed by atoms with Crippen molar-refractivity contribution >= 4 is 0 Å². The van der Waals surface area contributed by atoms with E-state index in [1.54, 1.807) is 28.4 Å². The van der Waals surface area contributed by atoms with Gasteiger partial charge in [-0.15, -0.1) is 0 Å². The Balaban J connectivity index is 1.42. The molecule has 1 unspecified atom stereocenters. The van der Waals surface area contributed by atoms with Crippen molar-refractivity contribution in [1.29, 1.82) is 0 Å². The molecule has 8 heteroatoms. The van der Waals surface area contributed by atoms with Gasteiger partial charge in [-0.25, -0.2) is 0 Å². The van der Waals surface area contributed by atoms with Gasteiger partial charge in [-0.05, 0) is 77.6 Å². The minimum atomic E-state index is -0.199. The van der Waals surface area contributed by atoms with Gasteiger partial charge in [-0.2, -0.15) is 0 Å². The van der Waals surface area contributed by atoms with E-state index in [0.717, 1.165) is 74.9 Å². The van der Waals surface area contributed by atoms with Gasteiger partial charge in [0.05, 0.1) is 28.4 Å². The van der Waals surface area contributed by atoms with Crippen LogP contribution in [0, 0.1) is 17.3 Å². The highest BCUT2D eigenvalue weighted by Gasteiger charge is 2.56. The van der Waals surface area contributed by atoms with Crippen molar-refractivity contribution in [3.05, 3.63) is 46.5 Å². The van der Waals surface area contributed by atoms with Crippen LogP contribution in [0.2, 0.25) is 0 Å². The first kappa shape index (κ1) is 26.7. The fourth-order valence-corrected chi connectivity index (χ4v) is 8.29. The van der Waals surface area contributed by atoms with Gasteiger partial charge in [-0.1, -0.05) is 0 Å². The van der Waals surface area contributed by atoms with Crippen LogP contribution in [0.4, 0.5) is 0 Å². The summed E-state index contributed by atoms with van der Waals surface area (Å²) in [4.78, 5) is 5.09. The van der Waals surface area contributed by atoms with Gasteiger partial charge in [0.15, 0.2) is 23.0 Å². The Morgan fingerprint density at radius 2 is 1.05 bits per heavy atom. The minimum Gasteiger partial charge on any atom is -0.493 e. The lowest BCUT2D eigenvalue weighted by atomic mass is 9.54. The predicted molar refractivity (Wildman–Crippen MR) is 148 cm³/mol. The molecule has 2 saturated heterocycles. The van der Waals surface area contributed by atoms with E-state index in [2.05, 4.69) is 34.1 Å². The zero-order chi connectivity index (χ0) is 27.3. The molecule has 4 aliphatic rings. The molecule has 5 atom stereocenters. The fraction of sp³-hybridized carbons (Fsp3) is 0.613. The van der Waals surface area contributed by atoms with Gasteiger partial charge in [0.25, 0.3) is 0 Å². The van der Waals surface area contributed by atoms with Crippen molar-refractivity contribution in [2.45, 2.75) is 37.8 Å². The fourth-order valence-electron chi connectivity index (χ4n) is 8.29. The molecule has 1 spiro atoms. The second-order valence-electron chi connectivity index (χ2n) is 11.7. The Kier molecular flexibility index (Phi) is 7.16. The van der Waals surface area contributed by atoms with Crippen molar-refractivity contribution in [3.63, 3.8) is 0 Å². The van der Waals surface area contributed by atoms with E-state index in [4.69, 9.17) is 18.9 Å². The van der Waals surface area contributed by atoms with E-state index in [1.165, 1.54) is 22.3 Å². The average molecular weight is 539 g/mol. The van der Waals surface area contributed by atoms with Crippen LogP contribution in [0.3, 0.4) is 0 Å². The zero-order valence-corrected chi connectivity index (χ0v) is 23.6. The van der Waals surface area contributed by atoms with Crippen LogP contribution in [0.1, 0.15) is 47.2 Å². The van der Waals surface area contributed by atoms with Crippen molar-refractivity contribution in [2.75, 3.05) is 67.8 Å². The van der Waals surface area contributed by atoms with E-state index in [-0.39, 0.29) is 42.5 Å². The molecular formula is C31H42N2O6. The third-order valence-electron chi connectivity index (χ3n) is 10.4. The zero-order valence-electron chi connectivity index (χ0n) is 23.6. The van der Waals surface area contributed by atoms with Crippen LogP contribution in [0.25, 0.3) is 0 Å². The molecule has 8 nitrogen and oxygen atoms in total. The van der Waals surface area contributed by atoms with Crippen LogP contribution >= 0.6 is 0 Å². The largest absolute Gasteiger partial charge is 0.493 e. The predicted octanol–water partition coefficient (Wildman–Crippen LogP) is 3.23. The molecular weight excluding hydrogens is 496 g/mol. The molecule has 2 N–H and O–H groups in total. The molecule has 2 aromatic rings. The lowest BCUT2D eigenvalue weighted by molar-refractivity contribution is -0.135. The molecule has 0 bridgehead atoms. The smallest absolute Gasteiger partial charge is 0.161 e. The Morgan fingerprint density at radius 1 is 0.667 bits per heavy atom. The highest BCUT2D eigenvalue weighted by atomic mass is 16.5. The molecule has 4 heterocycles.